The Kier molecular flexibility index (Phi) is 3.63. The third-order valence-corrected chi connectivity index (χ3v) is 4.00. The van der Waals surface area contributed by atoms with Crippen LogP contribution in [0.15, 0.2) is 55.0 Å². The molecule has 3 N–H and O–H groups in total. The predicted molar refractivity (Wildman–Crippen MR) is 94.0 cm³/mol. The monoisotopic (exact) mass is 319 g/mol. The zero-order valence-electron chi connectivity index (χ0n) is 13.2. The van der Waals surface area contributed by atoms with Crippen LogP contribution in [-0.2, 0) is 6.54 Å². The molecule has 2 aromatic heterocycles. The number of ether oxygens (including phenoxy) is 1. The number of fused-ring (bicyclic) bond motifs is 1. The van der Waals surface area contributed by atoms with E-state index in [2.05, 4.69) is 31.5 Å². The molecule has 0 unspecified atom stereocenters. The number of hydrogen-bond acceptors (Lipinski definition) is 4. The van der Waals surface area contributed by atoms with Crippen molar-refractivity contribution in [3.05, 3.63) is 60.6 Å². The lowest BCUT2D eigenvalue weighted by molar-refractivity contribution is 0.415. The molecule has 6 nitrogen and oxygen atoms in total. The lowest BCUT2D eigenvalue weighted by Crippen LogP contribution is -2.00. The van der Waals surface area contributed by atoms with Gasteiger partial charge in [0, 0.05) is 23.4 Å². The van der Waals surface area contributed by atoms with Gasteiger partial charge in [0.05, 0.1) is 36.4 Å². The Balaban J connectivity index is 1.53. The minimum atomic E-state index is 0.678. The molecule has 0 radical (unpaired) electrons. The van der Waals surface area contributed by atoms with E-state index < -0.39 is 0 Å². The molecule has 120 valence electrons. The van der Waals surface area contributed by atoms with E-state index in [0.717, 1.165) is 39.3 Å². The van der Waals surface area contributed by atoms with Gasteiger partial charge in [-0.15, -0.1) is 0 Å². The van der Waals surface area contributed by atoms with E-state index in [1.54, 1.807) is 13.4 Å². The highest BCUT2D eigenvalue weighted by atomic mass is 16.5. The highest BCUT2D eigenvalue weighted by molar-refractivity contribution is 5.78. The quantitative estimate of drug-likeness (QED) is 0.525. The van der Waals surface area contributed by atoms with Crippen molar-refractivity contribution in [1.29, 1.82) is 0 Å². The van der Waals surface area contributed by atoms with E-state index >= 15 is 0 Å². The smallest absolute Gasteiger partial charge is 0.118 e. The predicted octanol–water partition coefficient (Wildman–Crippen LogP) is 3.57. The van der Waals surface area contributed by atoms with Crippen molar-refractivity contribution in [3.8, 4) is 17.0 Å². The molecule has 6 heteroatoms. The standard InChI is InChI=1S/C18H17N5O/c1-24-15-5-2-12(3-6-15)18-13(10-22-23-18)9-19-14-4-7-16-17(8-14)21-11-20-16/h2-8,10-11,19H,9H2,1H3,(H,20,21)(H,22,23). The van der Waals surface area contributed by atoms with Crippen LogP contribution in [0.25, 0.3) is 22.3 Å². The van der Waals surface area contributed by atoms with Gasteiger partial charge in [0.1, 0.15) is 5.75 Å². The van der Waals surface area contributed by atoms with Gasteiger partial charge in [0.2, 0.25) is 0 Å². The molecule has 0 fully saturated rings. The SMILES string of the molecule is COc1ccc(-c2[nH]ncc2CNc2ccc3nc[nH]c3c2)cc1. The van der Waals surface area contributed by atoms with Crippen LogP contribution in [0.4, 0.5) is 5.69 Å². The maximum Gasteiger partial charge on any atom is 0.118 e. The van der Waals surface area contributed by atoms with Crippen LogP contribution < -0.4 is 10.1 Å². The molecule has 0 aliphatic carbocycles. The number of aromatic amines is 2. The molecule has 0 saturated heterocycles. The fourth-order valence-corrected chi connectivity index (χ4v) is 2.70. The molecule has 24 heavy (non-hydrogen) atoms. The number of H-pyrrole nitrogens is 2. The summed E-state index contributed by atoms with van der Waals surface area (Å²) in [6.07, 6.45) is 3.55. The molecule has 0 saturated carbocycles. The van der Waals surface area contributed by atoms with Gasteiger partial charge >= 0.3 is 0 Å². The molecule has 0 amide bonds. The number of hydrogen-bond donors (Lipinski definition) is 3. The fourth-order valence-electron chi connectivity index (χ4n) is 2.70. The highest BCUT2D eigenvalue weighted by Gasteiger charge is 2.08. The summed E-state index contributed by atoms with van der Waals surface area (Å²) < 4.78 is 5.20. The van der Waals surface area contributed by atoms with Crippen LogP contribution in [-0.4, -0.2) is 27.3 Å². The van der Waals surface area contributed by atoms with Gasteiger partial charge in [-0.25, -0.2) is 4.98 Å². The molecular formula is C18H17N5O. The highest BCUT2D eigenvalue weighted by Crippen LogP contribution is 2.24. The first-order valence-electron chi connectivity index (χ1n) is 7.67. The van der Waals surface area contributed by atoms with Gasteiger partial charge in [-0.1, -0.05) is 0 Å². The van der Waals surface area contributed by atoms with E-state index in [-0.39, 0.29) is 0 Å². The van der Waals surface area contributed by atoms with E-state index in [1.807, 2.05) is 42.6 Å². The number of rotatable bonds is 5. The summed E-state index contributed by atoms with van der Waals surface area (Å²) in [5, 5.41) is 10.7. The fraction of sp³-hybridized carbons (Fsp3) is 0.111. The first kappa shape index (κ1) is 14.3. The average Bonchev–Trinajstić information content (AvgIpc) is 3.28. The minimum Gasteiger partial charge on any atom is -0.497 e. The Hall–Kier alpha value is -3.28. The lowest BCUT2D eigenvalue weighted by Gasteiger charge is -2.08. The third kappa shape index (κ3) is 2.69. The molecular weight excluding hydrogens is 302 g/mol. The summed E-state index contributed by atoms with van der Waals surface area (Å²) in [5.74, 6) is 0.839. The van der Waals surface area contributed by atoms with Crippen molar-refractivity contribution in [1.82, 2.24) is 20.2 Å². The normalized spacial score (nSPS) is 10.9. The zero-order valence-corrected chi connectivity index (χ0v) is 13.2. The van der Waals surface area contributed by atoms with Crippen molar-refractivity contribution in [2.75, 3.05) is 12.4 Å². The van der Waals surface area contributed by atoms with Crippen molar-refractivity contribution in [3.63, 3.8) is 0 Å². The molecule has 0 aliphatic rings. The second-order valence-corrected chi connectivity index (χ2v) is 5.49. The van der Waals surface area contributed by atoms with Crippen LogP contribution in [0, 0.1) is 0 Å². The molecule has 0 aliphatic heterocycles. The average molecular weight is 319 g/mol. The number of nitrogens with one attached hydrogen (secondary N) is 3. The molecule has 0 atom stereocenters. The van der Waals surface area contributed by atoms with Crippen LogP contribution in [0.5, 0.6) is 5.75 Å². The number of nitrogens with zero attached hydrogens (tertiary/aromatic N) is 2. The molecule has 4 rings (SSSR count). The molecule has 0 spiro atoms. The Morgan fingerprint density at radius 3 is 2.83 bits per heavy atom. The van der Waals surface area contributed by atoms with Gasteiger partial charge in [-0.2, -0.15) is 5.10 Å². The van der Waals surface area contributed by atoms with Crippen molar-refractivity contribution >= 4 is 16.7 Å². The molecule has 0 bridgehead atoms. The van der Waals surface area contributed by atoms with Gasteiger partial charge < -0.3 is 15.0 Å². The molecule has 2 heterocycles. The van der Waals surface area contributed by atoms with Crippen LogP contribution in [0.2, 0.25) is 0 Å². The number of methoxy groups -OCH3 is 1. The second kappa shape index (κ2) is 6.08. The van der Waals surface area contributed by atoms with Crippen molar-refractivity contribution in [2.45, 2.75) is 6.54 Å². The summed E-state index contributed by atoms with van der Waals surface area (Å²) in [6, 6.07) is 14.0. The van der Waals surface area contributed by atoms with Crippen molar-refractivity contribution < 1.29 is 4.74 Å². The summed E-state index contributed by atoms with van der Waals surface area (Å²) in [6.45, 7) is 0.678. The summed E-state index contributed by atoms with van der Waals surface area (Å²) in [5.41, 5.74) is 6.20. The van der Waals surface area contributed by atoms with Crippen LogP contribution in [0.1, 0.15) is 5.56 Å². The number of imidazole rings is 1. The summed E-state index contributed by atoms with van der Waals surface area (Å²) in [4.78, 5) is 7.35. The van der Waals surface area contributed by atoms with Crippen LogP contribution in [0.3, 0.4) is 0 Å². The second-order valence-electron chi connectivity index (χ2n) is 5.49. The molecule has 4 aromatic rings. The third-order valence-electron chi connectivity index (χ3n) is 4.00. The topological polar surface area (TPSA) is 78.6 Å². The largest absolute Gasteiger partial charge is 0.497 e. The van der Waals surface area contributed by atoms with E-state index in [1.165, 1.54) is 0 Å². The van der Waals surface area contributed by atoms with E-state index in [4.69, 9.17) is 4.74 Å². The molecule has 2 aromatic carbocycles. The Morgan fingerprint density at radius 1 is 1.12 bits per heavy atom. The zero-order chi connectivity index (χ0) is 16.4. The minimum absolute atomic E-state index is 0.678. The van der Waals surface area contributed by atoms with Crippen LogP contribution >= 0.6 is 0 Å². The first-order chi connectivity index (χ1) is 11.8. The Bertz CT molecular complexity index is 955. The van der Waals surface area contributed by atoms with Crippen molar-refractivity contribution in [2.24, 2.45) is 0 Å². The van der Waals surface area contributed by atoms with Gasteiger partial charge in [-0.05, 0) is 42.5 Å². The summed E-state index contributed by atoms with van der Waals surface area (Å²) >= 11 is 0. The van der Waals surface area contributed by atoms with E-state index in [0.29, 0.717) is 6.54 Å². The van der Waals surface area contributed by atoms with Gasteiger partial charge in [0.25, 0.3) is 0 Å². The first-order valence-corrected chi connectivity index (χ1v) is 7.67. The van der Waals surface area contributed by atoms with Gasteiger partial charge in [0.15, 0.2) is 0 Å². The van der Waals surface area contributed by atoms with Gasteiger partial charge in [-0.3, -0.25) is 5.10 Å². The lowest BCUT2D eigenvalue weighted by atomic mass is 10.1. The maximum atomic E-state index is 5.20. The number of aromatic nitrogens is 4. The summed E-state index contributed by atoms with van der Waals surface area (Å²) in [7, 11) is 1.66. The number of anilines is 1. The Morgan fingerprint density at radius 2 is 2.00 bits per heavy atom. The van der Waals surface area contributed by atoms with E-state index in [9.17, 15) is 0 Å². The Labute approximate surface area is 138 Å². The maximum absolute atomic E-state index is 5.20. The number of benzene rings is 2.